The number of aromatic carboxylic acids is 1. The number of nitrogens with zero attached hydrogens (tertiary/aromatic N) is 1. The SMILES string of the molecule is CCCCc1ccc2nc(C(=O)O)cc(C)c2c1. The van der Waals surface area contributed by atoms with Crippen molar-refractivity contribution in [2.24, 2.45) is 0 Å². The molecule has 1 N–H and O–H groups in total. The van der Waals surface area contributed by atoms with E-state index in [-0.39, 0.29) is 5.69 Å². The molecule has 2 aromatic rings. The van der Waals surface area contributed by atoms with Crippen molar-refractivity contribution in [3.63, 3.8) is 0 Å². The predicted molar refractivity (Wildman–Crippen MR) is 72.1 cm³/mol. The van der Waals surface area contributed by atoms with Crippen molar-refractivity contribution in [1.29, 1.82) is 0 Å². The summed E-state index contributed by atoms with van der Waals surface area (Å²) < 4.78 is 0. The molecule has 0 aliphatic rings. The zero-order valence-electron chi connectivity index (χ0n) is 10.7. The van der Waals surface area contributed by atoms with Crippen LogP contribution < -0.4 is 0 Å². The number of benzene rings is 1. The third-order valence-corrected chi connectivity index (χ3v) is 3.12. The number of aromatic nitrogens is 1. The summed E-state index contributed by atoms with van der Waals surface area (Å²) in [5, 5.41) is 10.0. The van der Waals surface area contributed by atoms with Crippen molar-refractivity contribution in [3.8, 4) is 0 Å². The smallest absolute Gasteiger partial charge is 0.354 e. The molecule has 2 rings (SSSR count). The van der Waals surface area contributed by atoms with Crippen LogP contribution in [0.15, 0.2) is 24.3 Å². The number of carboxylic acids is 1. The monoisotopic (exact) mass is 243 g/mol. The molecule has 0 fully saturated rings. The Morgan fingerprint density at radius 1 is 1.33 bits per heavy atom. The van der Waals surface area contributed by atoms with Crippen LogP contribution in [0.25, 0.3) is 10.9 Å². The van der Waals surface area contributed by atoms with E-state index in [0.717, 1.165) is 22.9 Å². The second-order valence-corrected chi connectivity index (χ2v) is 4.58. The molecule has 1 aromatic heterocycles. The van der Waals surface area contributed by atoms with Crippen LogP contribution in [-0.4, -0.2) is 16.1 Å². The summed E-state index contributed by atoms with van der Waals surface area (Å²) in [6.45, 7) is 4.10. The summed E-state index contributed by atoms with van der Waals surface area (Å²) in [5.41, 5.74) is 3.13. The van der Waals surface area contributed by atoms with Crippen molar-refractivity contribution in [2.75, 3.05) is 0 Å². The molecular weight excluding hydrogens is 226 g/mol. The number of hydrogen-bond donors (Lipinski definition) is 1. The van der Waals surface area contributed by atoms with Crippen molar-refractivity contribution in [3.05, 3.63) is 41.1 Å². The van der Waals surface area contributed by atoms with Gasteiger partial charge in [-0.25, -0.2) is 9.78 Å². The van der Waals surface area contributed by atoms with E-state index in [2.05, 4.69) is 18.0 Å². The lowest BCUT2D eigenvalue weighted by atomic mass is 10.0. The van der Waals surface area contributed by atoms with Gasteiger partial charge in [-0.05, 0) is 49.1 Å². The number of carbonyl (C=O) groups is 1. The number of pyridine rings is 1. The van der Waals surface area contributed by atoms with Crippen LogP contribution >= 0.6 is 0 Å². The minimum absolute atomic E-state index is 0.112. The van der Waals surface area contributed by atoms with Gasteiger partial charge in [0.2, 0.25) is 0 Å². The first-order valence-electron chi connectivity index (χ1n) is 6.25. The zero-order valence-corrected chi connectivity index (χ0v) is 10.7. The lowest BCUT2D eigenvalue weighted by Gasteiger charge is -2.06. The molecule has 3 heteroatoms. The van der Waals surface area contributed by atoms with E-state index in [4.69, 9.17) is 5.11 Å². The Hall–Kier alpha value is -1.90. The average molecular weight is 243 g/mol. The third-order valence-electron chi connectivity index (χ3n) is 3.12. The highest BCUT2D eigenvalue weighted by atomic mass is 16.4. The maximum absolute atomic E-state index is 10.9. The zero-order chi connectivity index (χ0) is 13.1. The molecule has 0 saturated carbocycles. The van der Waals surface area contributed by atoms with E-state index in [1.807, 2.05) is 19.1 Å². The standard InChI is InChI=1S/C15H17NO2/c1-3-4-5-11-6-7-13-12(9-11)10(2)8-14(16-13)15(17)18/h6-9H,3-5H2,1-2H3,(H,17,18). The molecular formula is C15H17NO2. The quantitative estimate of drug-likeness (QED) is 0.892. The molecule has 18 heavy (non-hydrogen) atoms. The molecule has 0 radical (unpaired) electrons. The summed E-state index contributed by atoms with van der Waals surface area (Å²) >= 11 is 0. The minimum atomic E-state index is -0.977. The fraction of sp³-hybridized carbons (Fsp3) is 0.333. The highest BCUT2D eigenvalue weighted by molar-refractivity contribution is 5.91. The Balaban J connectivity index is 2.47. The van der Waals surface area contributed by atoms with Gasteiger partial charge in [0.25, 0.3) is 0 Å². The van der Waals surface area contributed by atoms with E-state index >= 15 is 0 Å². The van der Waals surface area contributed by atoms with E-state index in [0.29, 0.717) is 0 Å². The predicted octanol–water partition coefficient (Wildman–Crippen LogP) is 3.58. The Morgan fingerprint density at radius 3 is 2.78 bits per heavy atom. The van der Waals surface area contributed by atoms with E-state index in [9.17, 15) is 4.79 Å². The van der Waals surface area contributed by atoms with Crippen molar-refractivity contribution in [1.82, 2.24) is 4.98 Å². The molecule has 0 unspecified atom stereocenters. The first kappa shape index (κ1) is 12.6. The van der Waals surface area contributed by atoms with Gasteiger partial charge in [0.1, 0.15) is 5.69 Å². The molecule has 0 aliphatic carbocycles. The molecule has 0 saturated heterocycles. The second-order valence-electron chi connectivity index (χ2n) is 4.58. The normalized spacial score (nSPS) is 10.8. The number of aryl methyl sites for hydroxylation is 2. The van der Waals surface area contributed by atoms with Gasteiger partial charge in [-0.3, -0.25) is 0 Å². The summed E-state index contributed by atoms with van der Waals surface area (Å²) in [4.78, 5) is 15.1. The molecule has 94 valence electrons. The van der Waals surface area contributed by atoms with Gasteiger partial charge >= 0.3 is 5.97 Å². The van der Waals surface area contributed by atoms with Crippen LogP contribution in [0.4, 0.5) is 0 Å². The van der Waals surface area contributed by atoms with Crippen LogP contribution in [0, 0.1) is 6.92 Å². The summed E-state index contributed by atoms with van der Waals surface area (Å²) in [6, 6.07) is 7.71. The number of rotatable bonds is 4. The maximum Gasteiger partial charge on any atom is 0.354 e. The number of unbranched alkanes of at least 4 members (excludes halogenated alkanes) is 1. The first-order chi connectivity index (χ1) is 8.61. The summed E-state index contributed by atoms with van der Waals surface area (Å²) in [7, 11) is 0. The highest BCUT2D eigenvalue weighted by Gasteiger charge is 2.08. The molecule has 0 aliphatic heterocycles. The van der Waals surface area contributed by atoms with Crippen LogP contribution in [0.2, 0.25) is 0 Å². The van der Waals surface area contributed by atoms with Gasteiger partial charge in [0.15, 0.2) is 0 Å². The Labute approximate surface area is 106 Å². The molecule has 1 aromatic carbocycles. The number of carboxylic acid groups (broad SMARTS) is 1. The van der Waals surface area contributed by atoms with Crippen LogP contribution in [0.3, 0.4) is 0 Å². The van der Waals surface area contributed by atoms with Crippen molar-refractivity contribution >= 4 is 16.9 Å². The van der Waals surface area contributed by atoms with Crippen molar-refractivity contribution < 1.29 is 9.90 Å². The third kappa shape index (κ3) is 2.50. The minimum Gasteiger partial charge on any atom is -0.477 e. The molecule has 3 nitrogen and oxygen atoms in total. The van der Waals surface area contributed by atoms with Gasteiger partial charge in [-0.15, -0.1) is 0 Å². The van der Waals surface area contributed by atoms with Gasteiger partial charge in [-0.2, -0.15) is 0 Å². The molecule has 0 spiro atoms. The first-order valence-corrected chi connectivity index (χ1v) is 6.25. The van der Waals surface area contributed by atoms with Crippen LogP contribution in [0.5, 0.6) is 0 Å². The van der Waals surface area contributed by atoms with Gasteiger partial charge in [-0.1, -0.05) is 19.4 Å². The van der Waals surface area contributed by atoms with Crippen molar-refractivity contribution in [2.45, 2.75) is 33.1 Å². The Bertz CT molecular complexity index is 590. The fourth-order valence-corrected chi connectivity index (χ4v) is 2.09. The fourth-order valence-electron chi connectivity index (χ4n) is 2.09. The molecule has 0 amide bonds. The summed E-state index contributed by atoms with van der Waals surface area (Å²) in [6.07, 6.45) is 3.41. The maximum atomic E-state index is 10.9. The Morgan fingerprint density at radius 2 is 2.11 bits per heavy atom. The van der Waals surface area contributed by atoms with Gasteiger partial charge in [0, 0.05) is 5.39 Å². The van der Waals surface area contributed by atoms with Gasteiger partial charge in [0.05, 0.1) is 5.52 Å². The number of hydrogen-bond acceptors (Lipinski definition) is 2. The second kappa shape index (κ2) is 5.17. The summed E-state index contributed by atoms with van der Waals surface area (Å²) in [5.74, 6) is -0.977. The van der Waals surface area contributed by atoms with E-state index in [1.54, 1.807) is 6.07 Å². The lowest BCUT2D eigenvalue weighted by molar-refractivity contribution is 0.0691. The molecule has 1 heterocycles. The van der Waals surface area contributed by atoms with Crippen LogP contribution in [0.1, 0.15) is 41.4 Å². The lowest BCUT2D eigenvalue weighted by Crippen LogP contribution is -2.01. The van der Waals surface area contributed by atoms with Gasteiger partial charge < -0.3 is 5.11 Å². The number of fused-ring (bicyclic) bond motifs is 1. The topological polar surface area (TPSA) is 50.2 Å². The average Bonchev–Trinajstić information content (AvgIpc) is 2.36. The molecule has 0 atom stereocenters. The highest BCUT2D eigenvalue weighted by Crippen LogP contribution is 2.20. The Kier molecular flexibility index (Phi) is 3.60. The molecule has 0 bridgehead atoms. The largest absolute Gasteiger partial charge is 0.477 e. The van der Waals surface area contributed by atoms with E-state index in [1.165, 1.54) is 18.4 Å². The van der Waals surface area contributed by atoms with E-state index < -0.39 is 5.97 Å². The van der Waals surface area contributed by atoms with Crippen LogP contribution in [-0.2, 0) is 6.42 Å².